The van der Waals surface area contributed by atoms with Crippen LogP contribution in [0, 0.1) is 10.1 Å². The first-order chi connectivity index (χ1) is 14.5. The number of non-ortho nitro benzene ring substituents is 1. The summed E-state index contributed by atoms with van der Waals surface area (Å²) >= 11 is 0. The highest BCUT2D eigenvalue weighted by Crippen LogP contribution is 2.33. The highest BCUT2D eigenvalue weighted by Gasteiger charge is 2.22. The fraction of sp³-hybridized carbons (Fsp3) is 0.364. The Morgan fingerprint density at radius 1 is 1.17 bits per heavy atom. The van der Waals surface area contributed by atoms with Gasteiger partial charge in [-0.15, -0.1) is 0 Å². The number of nitro benzene ring substituents is 1. The Kier molecular flexibility index (Phi) is 7.13. The van der Waals surface area contributed by atoms with Crippen molar-refractivity contribution in [3.8, 4) is 5.75 Å². The number of ether oxygens (including phenoxy) is 3. The third kappa shape index (κ3) is 5.42. The second kappa shape index (κ2) is 9.98. The van der Waals surface area contributed by atoms with Crippen LogP contribution in [0.1, 0.15) is 53.2 Å². The number of aryl methyl sites for hydroxylation is 1. The van der Waals surface area contributed by atoms with Crippen molar-refractivity contribution in [3.05, 3.63) is 68.8 Å². The van der Waals surface area contributed by atoms with E-state index in [0.717, 1.165) is 12.8 Å². The SMILES string of the molecule is CCCc1ccc(C(=O)CCC(=O)OCc2cc([N+](=O)[O-])cc3c2OCOC3)cc1. The Morgan fingerprint density at radius 3 is 2.63 bits per heavy atom. The molecule has 0 atom stereocenters. The number of esters is 1. The minimum absolute atomic E-state index is 0.0251. The maximum atomic E-state index is 12.3. The van der Waals surface area contributed by atoms with Gasteiger partial charge >= 0.3 is 5.97 Å². The summed E-state index contributed by atoms with van der Waals surface area (Å²) in [6.07, 6.45) is 1.95. The predicted octanol–water partition coefficient (Wildman–Crippen LogP) is 4.12. The lowest BCUT2D eigenvalue weighted by Gasteiger charge is -2.20. The fourth-order valence-corrected chi connectivity index (χ4v) is 3.23. The smallest absolute Gasteiger partial charge is 0.306 e. The molecule has 0 aromatic heterocycles. The first-order valence-corrected chi connectivity index (χ1v) is 9.76. The normalized spacial score (nSPS) is 12.6. The molecule has 0 saturated heterocycles. The molecule has 2 aromatic rings. The highest BCUT2D eigenvalue weighted by atomic mass is 16.7. The molecule has 0 saturated carbocycles. The Labute approximate surface area is 173 Å². The molecule has 8 nitrogen and oxygen atoms in total. The van der Waals surface area contributed by atoms with Gasteiger partial charge in [-0.2, -0.15) is 0 Å². The molecule has 8 heteroatoms. The average Bonchev–Trinajstić information content (AvgIpc) is 2.76. The largest absolute Gasteiger partial charge is 0.467 e. The van der Waals surface area contributed by atoms with E-state index in [0.29, 0.717) is 22.4 Å². The number of rotatable bonds is 9. The summed E-state index contributed by atoms with van der Waals surface area (Å²) in [7, 11) is 0. The summed E-state index contributed by atoms with van der Waals surface area (Å²) in [4.78, 5) is 35.0. The van der Waals surface area contributed by atoms with Crippen LogP contribution in [0.15, 0.2) is 36.4 Å². The molecule has 0 amide bonds. The third-order valence-corrected chi connectivity index (χ3v) is 4.74. The quantitative estimate of drug-likeness (QED) is 0.263. The molecule has 3 rings (SSSR count). The number of benzene rings is 2. The minimum atomic E-state index is -0.557. The van der Waals surface area contributed by atoms with Crippen molar-refractivity contribution >= 4 is 17.4 Å². The molecule has 2 aromatic carbocycles. The van der Waals surface area contributed by atoms with E-state index in [4.69, 9.17) is 14.2 Å². The van der Waals surface area contributed by atoms with Crippen LogP contribution in [0.2, 0.25) is 0 Å². The molecule has 0 unspecified atom stereocenters. The maximum Gasteiger partial charge on any atom is 0.306 e. The summed E-state index contributed by atoms with van der Waals surface area (Å²) in [6.45, 7) is 2.12. The van der Waals surface area contributed by atoms with E-state index in [1.165, 1.54) is 17.7 Å². The summed E-state index contributed by atoms with van der Waals surface area (Å²) in [6, 6.07) is 10.1. The van der Waals surface area contributed by atoms with Gasteiger partial charge in [0.05, 0.1) is 18.0 Å². The number of nitro groups is 1. The van der Waals surface area contributed by atoms with Crippen molar-refractivity contribution in [2.45, 2.75) is 45.8 Å². The predicted molar refractivity (Wildman–Crippen MR) is 107 cm³/mol. The van der Waals surface area contributed by atoms with E-state index in [2.05, 4.69) is 6.92 Å². The summed E-state index contributed by atoms with van der Waals surface area (Å²) in [5, 5.41) is 11.1. The van der Waals surface area contributed by atoms with Crippen molar-refractivity contribution in [3.63, 3.8) is 0 Å². The summed E-state index contributed by atoms with van der Waals surface area (Å²) in [5.74, 6) is -0.260. The number of Topliss-reactive ketones (excluding diaryl/α,β-unsaturated/α-hetero) is 1. The van der Waals surface area contributed by atoms with Crippen molar-refractivity contribution in [1.82, 2.24) is 0 Å². The molecule has 158 valence electrons. The number of carbonyl (C=O) groups is 2. The van der Waals surface area contributed by atoms with E-state index in [1.807, 2.05) is 12.1 Å². The number of ketones is 1. The first-order valence-electron chi connectivity index (χ1n) is 9.76. The van der Waals surface area contributed by atoms with Crippen molar-refractivity contribution in [1.29, 1.82) is 0 Å². The molecule has 0 aliphatic carbocycles. The van der Waals surface area contributed by atoms with Crippen LogP contribution in [-0.2, 0) is 33.9 Å². The Balaban J connectivity index is 1.56. The van der Waals surface area contributed by atoms with E-state index >= 15 is 0 Å². The van der Waals surface area contributed by atoms with Gasteiger partial charge in [0.15, 0.2) is 12.6 Å². The van der Waals surface area contributed by atoms with Crippen molar-refractivity contribution in [2.24, 2.45) is 0 Å². The molecule has 1 heterocycles. The van der Waals surface area contributed by atoms with Crippen LogP contribution in [-0.4, -0.2) is 23.5 Å². The van der Waals surface area contributed by atoms with E-state index in [-0.39, 0.29) is 44.3 Å². The lowest BCUT2D eigenvalue weighted by Crippen LogP contribution is -2.15. The van der Waals surface area contributed by atoms with Gasteiger partial charge in [-0.05, 0) is 12.0 Å². The van der Waals surface area contributed by atoms with Gasteiger partial charge in [0.2, 0.25) is 0 Å². The molecular formula is C22H23NO7. The Morgan fingerprint density at radius 2 is 1.93 bits per heavy atom. The average molecular weight is 413 g/mol. The highest BCUT2D eigenvalue weighted by molar-refractivity contribution is 5.97. The van der Waals surface area contributed by atoms with Gasteiger partial charge in [0.25, 0.3) is 5.69 Å². The monoisotopic (exact) mass is 413 g/mol. The van der Waals surface area contributed by atoms with Crippen LogP contribution in [0.3, 0.4) is 0 Å². The van der Waals surface area contributed by atoms with Crippen LogP contribution in [0.25, 0.3) is 0 Å². The summed E-state index contributed by atoms with van der Waals surface area (Å²) in [5.41, 5.74) is 2.53. The molecule has 1 aliphatic heterocycles. The molecule has 1 aliphatic rings. The zero-order valence-corrected chi connectivity index (χ0v) is 16.7. The number of carbonyl (C=O) groups excluding carboxylic acids is 2. The molecular weight excluding hydrogens is 390 g/mol. The lowest BCUT2D eigenvalue weighted by atomic mass is 10.0. The van der Waals surface area contributed by atoms with Crippen LogP contribution in [0.4, 0.5) is 5.69 Å². The molecule has 0 N–H and O–H groups in total. The van der Waals surface area contributed by atoms with Gasteiger partial charge in [-0.3, -0.25) is 19.7 Å². The van der Waals surface area contributed by atoms with Gasteiger partial charge in [0, 0.05) is 35.2 Å². The van der Waals surface area contributed by atoms with Gasteiger partial charge in [-0.1, -0.05) is 37.6 Å². The van der Waals surface area contributed by atoms with Crippen LogP contribution >= 0.6 is 0 Å². The standard InChI is InChI=1S/C22H23NO7/c1-2-3-15-4-6-16(7-5-15)20(24)8-9-21(25)29-13-18-11-19(23(26)27)10-17-12-28-14-30-22(17)18/h4-7,10-11H,2-3,8-9,12-14H2,1H3. The number of fused-ring (bicyclic) bond motifs is 1. The molecule has 0 spiro atoms. The van der Waals surface area contributed by atoms with Crippen molar-refractivity contribution < 1.29 is 28.7 Å². The van der Waals surface area contributed by atoms with Gasteiger partial charge < -0.3 is 14.2 Å². The van der Waals surface area contributed by atoms with Crippen LogP contribution in [0.5, 0.6) is 5.75 Å². The van der Waals surface area contributed by atoms with Gasteiger partial charge in [-0.25, -0.2) is 0 Å². The van der Waals surface area contributed by atoms with Crippen LogP contribution < -0.4 is 4.74 Å². The second-order valence-electron chi connectivity index (χ2n) is 6.99. The zero-order valence-electron chi connectivity index (χ0n) is 16.7. The fourth-order valence-electron chi connectivity index (χ4n) is 3.23. The molecule has 30 heavy (non-hydrogen) atoms. The zero-order chi connectivity index (χ0) is 21.5. The lowest BCUT2D eigenvalue weighted by molar-refractivity contribution is -0.385. The minimum Gasteiger partial charge on any atom is -0.467 e. The number of nitrogens with zero attached hydrogens (tertiary/aromatic N) is 1. The number of hydrogen-bond donors (Lipinski definition) is 0. The second-order valence-corrected chi connectivity index (χ2v) is 6.99. The summed E-state index contributed by atoms with van der Waals surface area (Å²) < 4.78 is 15.8. The van der Waals surface area contributed by atoms with E-state index in [1.54, 1.807) is 12.1 Å². The topological polar surface area (TPSA) is 105 Å². The van der Waals surface area contributed by atoms with Crippen molar-refractivity contribution in [2.75, 3.05) is 6.79 Å². The van der Waals surface area contributed by atoms with Gasteiger partial charge in [0.1, 0.15) is 12.4 Å². The van der Waals surface area contributed by atoms with E-state index < -0.39 is 10.9 Å². The Hall–Kier alpha value is -3.26. The van der Waals surface area contributed by atoms with E-state index in [9.17, 15) is 19.7 Å². The molecule has 0 fully saturated rings. The Bertz CT molecular complexity index is 937. The molecule has 0 bridgehead atoms. The maximum absolute atomic E-state index is 12.3. The number of hydrogen-bond acceptors (Lipinski definition) is 7. The molecule has 0 radical (unpaired) electrons. The third-order valence-electron chi connectivity index (χ3n) is 4.74. The first kappa shape index (κ1) is 21.4.